The number of nitrogens with two attached hydrogens (primary N) is 1. The second-order valence-corrected chi connectivity index (χ2v) is 3.27. The molecular formula is C8H6INO. The van der Waals surface area contributed by atoms with Gasteiger partial charge in [-0.05, 0) is 12.1 Å². The van der Waals surface area contributed by atoms with Crippen LogP contribution in [0.15, 0.2) is 28.7 Å². The van der Waals surface area contributed by atoms with Crippen molar-refractivity contribution >= 4 is 39.2 Å². The molecule has 1 aromatic heterocycles. The zero-order valence-electron chi connectivity index (χ0n) is 5.67. The standard InChI is InChI=1S/C8H6INO/c9-8-7(10)5-3-1-2-4-6(5)11-8/h1-4H,10H2. The van der Waals surface area contributed by atoms with E-state index in [4.69, 9.17) is 10.2 Å². The molecule has 0 unspecified atom stereocenters. The van der Waals surface area contributed by atoms with E-state index in [0.717, 1.165) is 20.4 Å². The zero-order chi connectivity index (χ0) is 7.84. The van der Waals surface area contributed by atoms with Gasteiger partial charge in [-0.1, -0.05) is 12.1 Å². The van der Waals surface area contributed by atoms with Gasteiger partial charge in [-0.2, -0.15) is 0 Å². The van der Waals surface area contributed by atoms with E-state index in [9.17, 15) is 0 Å². The Morgan fingerprint density at radius 3 is 2.73 bits per heavy atom. The fraction of sp³-hybridized carbons (Fsp3) is 0. The van der Waals surface area contributed by atoms with Crippen molar-refractivity contribution in [3.05, 3.63) is 28.0 Å². The van der Waals surface area contributed by atoms with Crippen LogP contribution in [0.2, 0.25) is 0 Å². The Bertz CT molecular complexity index is 394. The van der Waals surface area contributed by atoms with Crippen molar-refractivity contribution in [2.24, 2.45) is 0 Å². The smallest absolute Gasteiger partial charge is 0.187 e. The number of para-hydroxylation sites is 1. The Kier molecular flexibility index (Phi) is 1.52. The first-order valence-electron chi connectivity index (χ1n) is 3.21. The summed E-state index contributed by atoms with van der Waals surface area (Å²) in [5, 5.41) is 0.997. The minimum absolute atomic E-state index is 0.737. The maximum Gasteiger partial charge on any atom is 0.187 e. The van der Waals surface area contributed by atoms with Gasteiger partial charge in [-0.15, -0.1) is 0 Å². The maximum absolute atomic E-state index is 5.74. The van der Waals surface area contributed by atoms with Gasteiger partial charge in [0.15, 0.2) is 3.77 Å². The molecule has 2 aromatic rings. The number of rotatable bonds is 0. The molecule has 0 aliphatic heterocycles. The van der Waals surface area contributed by atoms with Crippen LogP contribution in [-0.4, -0.2) is 0 Å². The highest BCUT2D eigenvalue weighted by molar-refractivity contribution is 14.1. The SMILES string of the molecule is Nc1c(I)oc2ccccc12. The molecule has 0 spiro atoms. The third-order valence-corrected chi connectivity index (χ3v) is 2.39. The lowest BCUT2D eigenvalue weighted by Gasteiger charge is -1.85. The first kappa shape index (κ1) is 6.97. The van der Waals surface area contributed by atoms with Crippen molar-refractivity contribution in [1.82, 2.24) is 0 Å². The number of nitrogen functional groups attached to an aromatic ring is 1. The fourth-order valence-corrected chi connectivity index (χ4v) is 1.56. The predicted octanol–water partition coefficient (Wildman–Crippen LogP) is 2.62. The number of furan rings is 1. The van der Waals surface area contributed by atoms with Crippen molar-refractivity contribution in [3.8, 4) is 0 Å². The number of hydrogen-bond acceptors (Lipinski definition) is 2. The average molecular weight is 259 g/mol. The molecule has 0 aliphatic rings. The van der Waals surface area contributed by atoms with Crippen molar-refractivity contribution < 1.29 is 4.42 Å². The van der Waals surface area contributed by atoms with Gasteiger partial charge in [-0.3, -0.25) is 0 Å². The Labute approximate surface area is 77.5 Å². The third-order valence-electron chi connectivity index (χ3n) is 1.59. The van der Waals surface area contributed by atoms with E-state index in [1.54, 1.807) is 0 Å². The largest absolute Gasteiger partial charge is 0.448 e. The number of halogens is 1. The second kappa shape index (κ2) is 2.41. The lowest BCUT2D eigenvalue weighted by atomic mass is 10.2. The minimum Gasteiger partial charge on any atom is -0.448 e. The summed E-state index contributed by atoms with van der Waals surface area (Å²) in [5.74, 6) is 0. The van der Waals surface area contributed by atoms with Crippen LogP contribution in [0.4, 0.5) is 5.69 Å². The first-order valence-corrected chi connectivity index (χ1v) is 4.29. The molecule has 0 bridgehead atoms. The molecule has 0 radical (unpaired) electrons. The summed E-state index contributed by atoms with van der Waals surface area (Å²) in [6.45, 7) is 0. The van der Waals surface area contributed by atoms with Gasteiger partial charge in [0.05, 0.1) is 5.69 Å². The maximum atomic E-state index is 5.74. The van der Waals surface area contributed by atoms with Crippen molar-refractivity contribution in [2.45, 2.75) is 0 Å². The zero-order valence-corrected chi connectivity index (χ0v) is 7.83. The van der Waals surface area contributed by atoms with Crippen molar-refractivity contribution in [2.75, 3.05) is 5.73 Å². The van der Waals surface area contributed by atoms with E-state index < -0.39 is 0 Å². The fourth-order valence-electron chi connectivity index (χ4n) is 1.04. The summed E-state index contributed by atoms with van der Waals surface area (Å²) in [5.41, 5.74) is 7.33. The predicted molar refractivity (Wildman–Crippen MR) is 53.3 cm³/mol. The van der Waals surface area contributed by atoms with Gasteiger partial charge in [0.2, 0.25) is 0 Å². The minimum atomic E-state index is 0.737. The molecule has 2 N–H and O–H groups in total. The van der Waals surface area contributed by atoms with Crippen LogP contribution in [0.1, 0.15) is 0 Å². The van der Waals surface area contributed by atoms with Gasteiger partial charge in [0.25, 0.3) is 0 Å². The molecule has 56 valence electrons. The lowest BCUT2D eigenvalue weighted by Crippen LogP contribution is -1.82. The van der Waals surface area contributed by atoms with Gasteiger partial charge in [0, 0.05) is 28.0 Å². The highest BCUT2D eigenvalue weighted by Gasteiger charge is 2.05. The summed E-state index contributed by atoms with van der Waals surface area (Å²) in [4.78, 5) is 0. The molecule has 1 aromatic carbocycles. The Hall–Kier alpha value is -0.710. The van der Waals surface area contributed by atoms with Crippen LogP contribution < -0.4 is 5.73 Å². The van der Waals surface area contributed by atoms with E-state index in [1.165, 1.54) is 0 Å². The van der Waals surface area contributed by atoms with Crippen molar-refractivity contribution in [1.29, 1.82) is 0 Å². The van der Waals surface area contributed by atoms with Gasteiger partial charge in [0.1, 0.15) is 5.58 Å². The summed E-state index contributed by atoms with van der Waals surface area (Å²) in [7, 11) is 0. The molecular weight excluding hydrogens is 253 g/mol. The summed E-state index contributed by atoms with van der Waals surface area (Å²) in [6.07, 6.45) is 0. The molecule has 0 aliphatic carbocycles. The Morgan fingerprint density at radius 1 is 1.27 bits per heavy atom. The molecule has 0 amide bonds. The van der Waals surface area contributed by atoms with E-state index in [2.05, 4.69) is 22.6 Å². The second-order valence-electron chi connectivity index (χ2n) is 2.29. The molecule has 0 fully saturated rings. The average Bonchev–Trinajstić information content (AvgIpc) is 2.30. The normalized spacial score (nSPS) is 10.6. The number of anilines is 1. The summed E-state index contributed by atoms with van der Waals surface area (Å²) < 4.78 is 6.13. The highest BCUT2D eigenvalue weighted by Crippen LogP contribution is 2.28. The monoisotopic (exact) mass is 259 g/mol. The van der Waals surface area contributed by atoms with E-state index in [-0.39, 0.29) is 0 Å². The van der Waals surface area contributed by atoms with Gasteiger partial charge >= 0.3 is 0 Å². The molecule has 0 saturated carbocycles. The number of hydrogen-bond donors (Lipinski definition) is 1. The van der Waals surface area contributed by atoms with E-state index >= 15 is 0 Å². The van der Waals surface area contributed by atoms with Crippen LogP contribution in [-0.2, 0) is 0 Å². The van der Waals surface area contributed by atoms with E-state index in [1.807, 2.05) is 24.3 Å². The summed E-state index contributed by atoms with van der Waals surface area (Å²) >= 11 is 2.09. The first-order chi connectivity index (χ1) is 5.29. The molecule has 3 heteroatoms. The number of fused-ring (bicyclic) bond motifs is 1. The van der Waals surface area contributed by atoms with Gasteiger partial charge < -0.3 is 10.2 Å². The van der Waals surface area contributed by atoms with Crippen LogP contribution in [0, 0.1) is 3.77 Å². The molecule has 0 saturated heterocycles. The number of benzene rings is 1. The van der Waals surface area contributed by atoms with Crippen LogP contribution in [0.5, 0.6) is 0 Å². The quantitative estimate of drug-likeness (QED) is 0.738. The molecule has 2 nitrogen and oxygen atoms in total. The molecule has 0 atom stereocenters. The molecule has 2 rings (SSSR count). The third kappa shape index (κ3) is 0.994. The molecule has 11 heavy (non-hydrogen) atoms. The van der Waals surface area contributed by atoms with Crippen LogP contribution >= 0.6 is 22.6 Å². The topological polar surface area (TPSA) is 39.2 Å². The van der Waals surface area contributed by atoms with Crippen molar-refractivity contribution in [3.63, 3.8) is 0 Å². The Balaban J connectivity index is 2.92. The Morgan fingerprint density at radius 2 is 2.00 bits per heavy atom. The van der Waals surface area contributed by atoms with E-state index in [0.29, 0.717) is 0 Å². The lowest BCUT2D eigenvalue weighted by molar-refractivity contribution is 0.586. The summed E-state index contributed by atoms with van der Waals surface area (Å²) in [6, 6.07) is 7.75. The molecule has 1 heterocycles. The van der Waals surface area contributed by atoms with Gasteiger partial charge in [-0.25, -0.2) is 0 Å². The van der Waals surface area contributed by atoms with Crippen LogP contribution in [0.3, 0.4) is 0 Å². The highest BCUT2D eigenvalue weighted by atomic mass is 127. The van der Waals surface area contributed by atoms with Crippen LogP contribution in [0.25, 0.3) is 11.0 Å².